The van der Waals surface area contributed by atoms with E-state index in [-0.39, 0.29) is 0 Å². The molecule has 0 bridgehead atoms. The Balaban J connectivity index is 1.89. The molecule has 1 aromatic heterocycles. The Kier molecular flexibility index (Phi) is 3.72. The molecule has 1 aliphatic rings. The summed E-state index contributed by atoms with van der Waals surface area (Å²) < 4.78 is 0. The Labute approximate surface area is 115 Å². The maximum Gasteiger partial charge on any atom is 0.158 e. The third kappa shape index (κ3) is 2.75. The van der Waals surface area contributed by atoms with Gasteiger partial charge < -0.3 is 4.90 Å². The van der Waals surface area contributed by atoms with Crippen molar-refractivity contribution >= 4 is 16.7 Å². The maximum absolute atomic E-state index is 4.56. The number of benzene rings is 1. The number of aromatic amines is 1. The number of hydrogen-bond donors (Lipinski definition) is 1. The van der Waals surface area contributed by atoms with Crippen LogP contribution in [0.3, 0.4) is 0 Å². The minimum atomic E-state index is 0.758. The van der Waals surface area contributed by atoms with Gasteiger partial charge in [0.25, 0.3) is 0 Å². The van der Waals surface area contributed by atoms with Gasteiger partial charge in [-0.1, -0.05) is 38.3 Å². The highest BCUT2D eigenvalue weighted by molar-refractivity contribution is 5.90. The topological polar surface area (TPSA) is 31.9 Å². The zero-order chi connectivity index (χ0) is 13.1. The summed E-state index contributed by atoms with van der Waals surface area (Å²) in [6.45, 7) is 4.64. The van der Waals surface area contributed by atoms with Crippen LogP contribution in [0.5, 0.6) is 0 Å². The van der Waals surface area contributed by atoms with Gasteiger partial charge in [0.15, 0.2) is 5.82 Å². The second kappa shape index (κ2) is 5.64. The largest absolute Gasteiger partial charge is 0.354 e. The van der Waals surface area contributed by atoms with E-state index in [1.807, 2.05) is 0 Å². The number of nitrogens with one attached hydrogen (secondary N) is 1. The van der Waals surface area contributed by atoms with Crippen LogP contribution in [0.4, 0.5) is 5.82 Å². The lowest BCUT2D eigenvalue weighted by Crippen LogP contribution is -2.29. The highest BCUT2D eigenvalue weighted by atomic mass is 15.3. The first-order valence-corrected chi connectivity index (χ1v) is 7.52. The van der Waals surface area contributed by atoms with Crippen molar-refractivity contribution in [3.05, 3.63) is 24.3 Å². The van der Waals surface area contributed by atoms with Crippen molar-refractivity contribution < 1.29 is 0 Å². The smallest absolute Gasteiger partial charge is 0.158 e. The highest BCUT2D eigenvalue weighted by Gasteiger charge is 2.17. The molecule has 0 amide bonds. The molecule has 1 N–H and O–H groups in total. The van der Waals surface area contributed by atoms with Gasteiger partial charge in [0.05, 0.1) is 5.52 Å². The van der Waals surface area contributed by atoms with Crippen molar-refractivity contribution in [3.63, 3.8) is 0 Å². The molecule has 3 rings (SSSR count). The standard InChI is InChI=1S/C16H23N3/c1-13-8-4-2-3-7-11-19(12-13)16-14-9-5-6-10-15(14)17-18-16/h5-6,9-10,13H,2-4,7-8,11-12H2,1H3,(H,17,18)/t13-/m1/s1. The quantitative estimate of drug-likeness (QED) is 0.838. The number of rotatable bonds is 1. The van der Waals surface area contributed by atoms with Crippen LogP contribution in [0, 0.1) is 5.92 Å². The number of anilines is 1. The Morgan fingerprint density at radius 1 is 1.16 bits per heavy atom. The minimum Gasteiger partial charge on any atom is -0.354 e. The molecule has 2 aromatic rings. The number of fused-ring (bicyclic) bond motifs is 1. The summed E-state index contributed by atoms with van der Waals surface area (Å²) in [6, 6.07) is 8.43. The van der Waals surface area contributed by atoms with Gasteiger partial charge in [-0.2, -0.15) is 5.10 Å². The second-order valence-electron chi connectivity index (χ2n) is 5.85. The molecule has 3 nitrogen and oxygen atoms in total. The van der Waals surface area contributed by atoms with Crippen LogP contribution >= 0.6 is 0 Å². The summed E-state index contributed by atoms with van der Waals surface area (Å²) in [5.74, 6) is 1.90. The fourth-order valence-corrected chi connectivity index (χ4v) is 3.09. The van der Waals surface area contributed by atoms with Crippen molar-refractivity contribution in [2.24, 2.45) is 5.92 Å². The minimum absolute atomic E-state index is 0.758. The summed E-state index contributed by atoms with van der Waals surface area (Å²) in [4.78, 5) is 2.48. The van der Waals surface area contributed by atoms with E-state index in [1.165, 1.54) is 37.5 Å². The number of hydrogen-bond acceptors (Lipinski definition) is 2. The summed E-state index contributed by atoms with van der Waals surface area (Å²) in [6.07, 6.45) is 6.76. The first-order chi connectivity index (χ1) is 9.34. The fraction of sp³-hybridized carbons (Fsp3) is 0.562. The molecule has 1 atom stereocenters. The molecule has 0 aliphatic carbocycles. The second-order valence-corrected chi connectivity index (χ2v) is 5.85. The van der Waals surface area contributed by atoms with Crippen LogP contribution in [0.2, 0.25) is 0 Å². The van der Waals surface area contributed by atoms with Crippen molar-refractivity contribution in [2.75, 3.05) is 18.0 Å². The van der Waals surface area contributed by atoms with Crippen molar-refractivity contribution in [2.45, 2.75) is 39.0 Å². The molecule has 1 aromatic carbocycles. The van der Waals surface area contributed by atoms with E-state index >= 15 is 0 Å². The van der Waals surface area contributed by atoms with Gasteiger partial charge in [-0.25, -0.2) is 0 Å². The van der Waals surface area contributed by atoms with E-state index < -0.39 is 0 Å². The summed E-state index contributed by atoms with van der Waals surface area (Å²) in [7, 11) is 0. The molecular weight excluding hydrogens is 234 g/mol. The SMILES string of the molecule is C[C@@H]1CCCCCCN(c2n[nH]c3ccccc23)C1. The normalized spacial score (nSPS) is 21.9. The van der Waals surface area contributed by atoms with Crippen molar-refractivity contribution in [3.8, 4) is 0 Å². The molecule has 0 radical (unpaired) electrons. The first-order valence-electron chi connectivity index (χ1n) is 7.52. The van der Waals surface area contributed by atoms with E-state index in [1.54, 1.807) is 0 Å². The van der Waals surface area contributed by atoms with Gasteiger partial charge in [0.2, 0.25) is 0 Å². The molecule has 19 heavy (non-hydrogen) atoms. The molecular formula is C16H23N3. The lowest BCUT2D eigenvalue weighted by atomic mass is 10.0. The molecule has 0 unspecified atom stereocenters. The third-order valence-corrected chi connectivity index (χ3v) is 4.16. The first kappa shape index (κ1) is 12.5. The average molecular weight is 257 g/mol. The summed E-state index contributed by atoms with van der Waals surface area (Å²) >= 11 is 0. The van der Waals surface area contributed by atoms with Gasteiger partial charge in [-0.3, -0.25) is 5.10 Å². The Bertz CT molecular complexity index is 532. The van der Waals surface area contributed by atoms with Gasteiger partial charge in [-0.05, 0) is 30.9 Å². The highest BCUT2D eigenvalue weighted by Crippen LogP contribution is 2.26. The van der Waals surface area contributed by atoms with Crippen molar-refractivity contribution in [1.82, 2.24) is 10.2 Å². The van der Waals surface area contributed by atoms with E-state index in [0.717, 1.165) is 30.3 Å². The zero-order valence-corrected chi connectivity index (χ0v) is 11.7. The Morgan fingerprint density at radius 3 is 2.95 bits per heavy atom. The van der Waals surface area contributed by atoms with Crippen LogP contribution in [0.1, 0.15) is 39.0 Å². The molecule has 0 spiro atoms. The van der Waals surface area contributed by atoms with Gasteiger partial charge >= 0.3 is 0 Å². The van der Waals surface area contributed by atoms with E-state index in [0.29, 0.717) is 0 Å². The van der Waals surface area contributed by atoms with Crippen LogP contribution in [0.25, 0.3) is 10.9 Å². The molecule has 1 saturated heterocycles. The van der Waals surface area contributed by atoms with Crippen molar-refractivity contribution in [1.29, 1.82) is 0 Å². The monoisotopic (exact) mass is 257 g/mol. The van der Waals surface area contributed by atoms with Gasteiger partial charge in [0.1, 0.15) is 0 Å². The van der Waals surface area contributed by atoms with Gasteiger partial charge in [0, 0.05) is 18.5 Å². The predicted octanol–water partition coefficient (Wildman–Crippen LogP) is 3.97. The van der Waals surface area contributed by atoms with Gasteiger partial charge in [-0.15, -0.1) is 0 Å². The van der Waals surface area contributed by atoms with E-state index in [9.17, 15) is 0 Å². The third-order valence-electron chi connectivity index (χ3n) is 4.16. The lowest BCUT2D eigenvalue weighted by molar-refractivity contribution is 0.505. The molecule has 1 aliphatic heterocycles. The molecule has 3 heteroatoms. The van der Waals surface area contributed by atoms with E-state index in [2.05, 4.69) is 46.3 Å². The maximum atomic E-state index is 4.56. The average Bonchev–Trinajstić information content (AvgIpc) is 2.87. The molecule has 2 heterocycles. The lowest BCUT2D eigenvalue weighted by Gasteiger charge is -2.25. The molecule has 1 fully saturated rings. The van der Waals surface area contributed by atoms with Crippen LogP contribution in [0.15, 0.2) is 24.3 Å². The number of para-hydroxylation sites is 1. The Morgan fingerprint density at radius 2 is 2.00 bits per heavy atom. The Hall–Kier alpha value is -1.51. The summed E-state index contributed by atoms with van der Waals surface area (Å²) in [5, 5.41) is 8.98. The zero-order valence-electron chi connectivity index (χ0n) is 11.7. The van der Waals surface area contributed by atoms with Crippen LogP contribution < -0.4 is 4.90 Å². The number of nitrogens with zero attached hydrogens (tertiary/aromatic N) is 2. The number of H-pyrrole nitrogens is 1. The number of aromatic nitrogens is 2. The van der Waals surface area contributed by atoms with E-state index in [4.69, 9.17) is 0 Å². The van der Waals surface area contributed by atoms with Crippen LogP contribution in [-0.4, -0.2) is 23.3 Å². The molecule has 102 valence electrons. The fourth-order valence-electron chi connectivity index (χ4n) is 3.09. The summed E-state index contributed by atoms with van der Waals surface area (Å²) in [5.41, 5.74) is 1.14. The predicted molar refractivity (Wildman–Crippen MR) is 80.6 cm³/mol. The van der Waals surface area contributed by atoms with Crippen LogP contribution in [-0.2, 0) is 0 Å². The molecule has 0 saturated carbocycles.